The number of nitrogen functional groups attached to an aromatic ring is 1. The van der Waals surface area contributed by atoms with Gasteiger partial charge in [0, 0.05) is 17.3 Å². The van der Waals surface area contributed by atoms with Crippen molar-refractivity contribution in [2.75, 3.05) is 5.73 Å². The SMILES string of the molecule is Cc1ccccc1CC(C)NC(=O)c1ccc(N)cc1. The lowest BCUT2D eigenvalue weighted by Gasteiger charge is -2.15. The molecule has 0 aliphatic carbocycles. The Hall–Kier alpha value is -2.29. The maximum absolute atomic E-state index is 12.1. The van der Waals surface area contributed by atoms with Gasteiger partial charge in [0.2, 0.25) is 0 Å². The fraction of sp³-hybridized carbons (Fsp3) is 0.235. The van der Waals surface area contributed by atoms with Gasteiger partial charge in [-0.1, -0.05) is 24.3 Å². The lowest BCUT2D eigenvalue weighted by atomic mass is 10.0. The number of carbonyl (C=O) groups excluding carboxylic acids is 1. The predicted molar refractivity (Wildman–Crippen MR) is 82.7 cm³/mol. The Morgan fingerprint density at radius 1 is 1.15 bits per heavy atom. The first kappa shape index (κ1) is 14.1. The van der Waals surface area contributed by atoms with Crippen molar-refractivity contribution in [3.8, 4) is 0 Å². The third-order valence-corrected chi connectivity index (χ3v) is 3.34. The number of carbonyl (C=O) groups is 1. The van der Waals surface area contributed by atoms with Gasteiger partial charge in [0.25, 0.3) is 5.91 Å². The highest BCUT2D eigenvalue weighted by Gasteiger charge is 2.10. The third kappa shape index (κ3) is 3.60. The van der Waals surface area contributed by atoms with Gasteiger partial charge in [0.05, 0.1) is 0 Å². The van der Waals surface area contributed by atoms with E-state index < -0.39 is 0 Å². The molecular formula is C17H20N2O. The van der Waals surface area contributed by atoms with E-state index in [-0.39, 0.29) is 11.9 Å². The summed E-state index contributed by atoms with van der Waals surface area (Å²) >= 11 is 0. The largest absolute Gasteiger partial charge is 0.399 e. The van der Waals surface area contributed by atoms with Gasteiger partial charge in [0.15, 0.2) is 0 Å². The van der Waals surface area contributed by atoms with Crippen molar-refractivity contribution in [1.29, 1.82) is 0 Å². The number of hydrogen-bond acceptors (Lipinski definition) is 2. The fourth-order valence-electron chi connectivity index (χ4n) is 2.16. The molecule has 0 aliphatic heterocycles. The summed E-state index contributed by atoms with van der Waals surface area (Å²) in [5.74, 6) is -0.0638. The summed E-state index contributed by atoms with van der Waals surface area (Å²) in [5, 5.41) is 3.01. The molecule has 104 valence electrons. The lowest BCUT2D eigenvalue weighted by molar-refractivity contribution is 0.0940. The van der Waals surface area contributed by atoms with Crippen LogP contribution >= 0.6 is 0 Å². The number of nitrogens with one attached hydrogen (secondary N) is 1. The fourth-order valence-corrected chi connectivity index (χ4v) is 2.16. The van der Waals surface area contributed by atoms with Crippen LogP contribution in [-0.4, -0.2) is 11.9 Å². The van der Waals surface area contributed by atoms with Crippen molar-refractivity contribution in [2.24, 2.45) is 0 Å². The molecule has 0 bridgehead atoms. The highest BCUT2D eigenvalue weighted by atomic mass is 16.1. The molecule has 0 saturated carbocycles. The second-order valence-corrected chi connectivity index (χ2v) is 5.13. The first-order valence-electron chi connectivity index (χ1n) is 6.77. The standard InChI is InChI=1S/C17H20N2O/c1-12-5-3-4-6-15(12)11-13(2)19-17(20)14-7-9-16(18)10-8-14/h3-10,13H,11,18H2,1-2H3,(H,19,20). The second kappa shape index (κ2) is 6.24. The smallest absolute Gasteiger partial charge is 0.251 e. The average Bonchev–Trinajstić information content (AvgIpc) is 2.42. The zero-order chi connectivity index (χ0) is 14.5. The predicted octanol–water partition coefficient (Wildman–Crippen LogP) is 2.94. The Morgan fingerprint density at radius 2 is 1.80 bits per heavy atom. The van der Waals surface area contributed by atoms with E-state index >= 15 is 0 Å². The van der Waals surface area contributed by atoms with Crippen LogP contribution in [0.1, 0.15) is 28.4 Å². The summed E-state index contributed by atoms with van der Waals surface area (Å²) in [6.07, 6.45) is 0.827. The van der Waals surface area contributed by atoms with Crippen molar-refractivity contribution in [3.05, 3.63) is 65.2 Å². The number of anilines is 1. The van der Waals surface area contributed by atoms with Crippen LogP contribution < -0.4 is 11.1 Å². The van der Waals surface area contributed by atoms with Crippen LogP contribution in [0.25, 0.3) is 0 Å². The van der Waals surface area contributed by atoms with Crippen LogP contribution in [0.5, 0.6) is 0 Å². The molecule has 3 heteroatoms. The molecule has 0 spiro atoms. The number of rotatable bonds is 4. The van der Waals surface area contributed by atoms with Crippen molar-refractivity contribution in [1.82, 2.24) is 5.32 Å². The summed E-state index contributed by atoms with van der Waals surface area (Å²) in [7, 11) is 0. The number of amides is 1. The van der Waals surface area contributed by atoms with Crippen LogP contribution in [0.3, 0.4) is 0 Å². The van der Waals surface area contributed by atoms with E-state index in [1.165, 1.54) is 11.1 Å². The van der Waals surface area contributed by atoms with Gasteiger partial charge < -0.3 is 11.1 Å². The molecule has 2 rings (SSSR count). The van der Waals surface area contributed by atoms with Gasteiger partial charge in [0.1, 0.15) is 0 Å². The molecule has 3 nitrogen and oxygen atoms in total. The summed E-state index contributed by atoms with van der Waals surface area (Å²) in [6.45, 7) is 4.10. The zero-order valence-electron chi connectivity index (χ0n) is 11.9. The molecule has 0 fully saturated rings. The van der Waals surface area contributed by atoms with Gasteiger partial charge in [-0.05, 0) is 55.7 Å². The Balaban J connectivity index is 1.98. The lowest BCUT2D eigenvalue weighted by Crippen LogP contribution is -2.34. The van der Waals surface area contributed by atoms with Crippen molar-refractivity contribution >= 4 is 11.6 Å². The van der Waals surface area contributed by atoms with Gasteiger partial charge in [-0.15, -0.1) is 0 Å². The van der Waals surface area contributed by atoms with E-state index in [2.05, 4.69) is 24.4 Å². The summed E-state index contributed by atoms with van der Waals surface area (Å²) < 4.78 is 0. The topological polar surface area (TPSA) is 55.1 Å². The van der Waals surface area contributed by atoms with Gasteiger partial charge >= 0.3 is 0 Å². The Kier molecular flexibility index (Phi) is 4.41. The molecule has 2 aromatic carbocycles. The van der Waals surface area contributed by atoms with Crippen LogP contribution in [0.2, 0.25) is 0 Å². The molecule has 0 aliphatic rings. The maximum Gasteiger partial charge on any atom is 0.251 e. The molecule has 0 radical (unpaired) electrons. The van der Waals surface area contributed by atoms with Crippen molar-refractivity contribution < 1.29 is 4.79 Å². The number of aryl methyl sites for hydroxylation is 1. The second-order valence-electron chi connectivity index (χ2n) is 5.13. The van der Waals surface area contributed by atoms with Crippen molar-refractivity contribution in [3.63, 3.8) is 0 Å². The summed E-state index contributed by atoms with van der Waals surface area (Å²) in [5.41, 5.74) is 9.42. The van der Waals surface area contributed by atoms with Gasteiger partial charge in [-0.25, -0.2) is 0 Å². The van der Waals surface area contributed by atoms with Crippen LogP contribution in [-0.2, 0) is 6.42 Å². The van der Waals surface area contributed by atoms with E-state index in [0.717, 1.165) is 6.42 Å². The molecule has 1 unspecified atom stereocenters. The molecular weight excluding hydrogens is 248 g/mol. The Morgan fingerprint density at radius 3 is 2.45 bits per heavy atom. The first-order valence-corrected chi connectivity index (χ1v) is 6.77. The van der Waals surface area contributed by atoms with Crippen LogP contribution in [0.15, 0.2) is 48.5 Å². The normalized spacial score (nSPS) is 11.9. The van der Waals surface area contributed by atoms with E-state index in [1.54, 1.807) is 24.3 Å². The summed E-state index contributed by atoms with van der Waals surface area (Å²) in [6, 6.07) is 15.3. The number of benzene rings is 2. The van der Waals surface area contributed by atoms with Crippen LogP contribution in [0, 0.1) is 6.92 Å². The molecule has 3 N–H and O–H groups in total. The highest BCUT2D eigenvalue weighted by molar-refractivity contribution is 5.94. The minimum absolute atomic E-state index is 0.0638. The molecule has 0 saturated heterocycles. The van der Waals surface area contributed by atoms with Gasteiger partial charge in [-0.3, -0.25) is 4.79 Å². The monoisotopic (exact) mass is 268 g/mol. The van der Waals surface area contributed by atoms with Gasteiger partial charge in [-0.2, -0.15) is 0 Å². The van der Waals surface area contributed by atoms with E-state index in [1.807, 2.05) is 19.1 Å². The van der Waals surface area contributed by atoms with E-state index in [4.69, 9.17) is 5.73 Å². The van der Waals surface area contributed by atoms with E-state index in [9.17, 15) is 4.79 Å². The first-order chi connectivity index (χ1) is 9.56. The Labute approximate surface area is 119 Å². The molecule has 1 atom stereocenters. The quantitative estimate of drug-likeness (QED) is 0.838. The molecule has 20 heavy (non-hydrogen) atoms. The Bertz CT molecular complexity index is 590. The zero-order valence-corrected chi connectivity index (χ0v) is 11.9. The minimum atomic E-state index is -0.0638. The number of hydrogen-bond donors (Lipinski definition) is 2. The maximum atomic E-state index is 12.1. The van der Waals surface area contributed by atoms with Crippen molar-refractivity contribution in [2.45, 2.75) is 26.3 Å². The summed E-state index contributed by atoms with van der Waals surface area (Å²) in [4.78, 5) is 12.1. The third-order valence-electron chi connectivity index (χ3n) is 3.34. The molecule has 0 heterocycles. The highest BCUT2D eigenvalue weighted by Crippen LogP contribution is 2.10. The molecule has 2 aromatic rings. The van der Waals surface area contributed by atoms with E-state index in [0.29, 0.717) is 11.3 Å². The average molecular weight is 268 g/mol. The number of nitrogens with two attached hydrogens (primary N) is 1. The van der Waals surface area contributed by atoms with Crippen LogP contribution in [0.4, 0.5) is 5.69 Å². The molecule has 1 amide bonds. The minimum Gasteiger partial charge on any atom is -0.399 e. The molecule has 0 aromatic heterocycles.